The SMILES string of the molecule is CCC1(CCCCO)OCCO1. The third-order valence-electron chi connectivity index (χ3n) is 2.32. The van der Waals surface area contributed by atoms with Crippen LogP contribution in [0.4, 0.5) is 0 Å². The summed E-state index contributed by atoms with van der Waals surface area (Å²) in [5.41, 5.74) is 0. The van der Waals surface area contributed by atoms with Crippen molar-refractivity contribution in [2.45, 2.75) is 38.4 Å². The predicted octanol–water partition coefficient (Wildman–Crippen LogP) is 1.30. The van der Waals surface area contributed by atoms with Crippen molar-refractivity contribution >= 4 is 0 Å². The van der Waals surface area contributed by atoms with Crippen LogP contribution in [-0.2, 0) is 9.47 Å². The molecule has 0 aromatic carbocycles. The van der Waals surface area contributed by atoms with E-state index in [2.05, 4.69) is 6.92 Å². The van der Waals surface area contributed by atoms with Crippen LogP contribution in [0.5, 0.6) is 0 Å². The summed E-state index contributed by atoms with van der Waals surface area (Å²) in [5.74, 6) is -0.324. The number of ether oxygens (including phenoxy) is 2. The summed E-state index contributed by atoms with van der Waals surface area (Å²) in [6.45, 7) is 3.77. The molecule has 0 unspecified atom stereocenters. The number of hydrogen-bond acceptors (Lipinski definition) is 3. The van der Waals surface area contributed by atoms with Gasteiger partial charge in [-0.3, -0.25) is 0 Å². The second kappa shape index (κ2) is 4.80. The molecule has 1 heterocycles. The van der Waals surface area contributed by atoms with Crippen LogP contribution in [0.2, 0.25) is 0 Å². The van der Waals surface area contributed by atoms with Gasteiger partial charge >= 0.3 is 0 Å². The molecule has 0 radical (unpaired) electrons. The lowest BCUT2D eigenvalue weighted by atomic mass is 10.1. The summed E-state index contributed by atoms with van der Waals surface area (Å²) in [4.78, 5) is 0. The monoisotopic (exact) mass is 174 g/mol. The molecule has 0 aromatic rings. The maximum Gasteiger partial charge on any atom is 0.168 e. The van der Waals surface area contributed by atoms with Crippen LogP contribution in [0.1, 0.15) is 32.6 Å². The maximum absolute atomic E-state index is 8.62. The summed E-state index contributed by atoms with van der Waals surface area (Å²) in [6, 6.07) is 0. The van der Waals surface area contributed by atoms with Gasteiger partial charge in [0, 0.05) is 13.0 Å². The van der Waals surface area contributed by atoms with Gasteiger partial charge in [0.05, 0.1) is 13.2 Å². The molecule has 3 heteroatoms. The minimum atomic E-state index is -0.324. The molecule has 72 valence electrons. The molecular weight excluding hydrogens is 156 g/mol. The van der Waals surface area contributed by atoms with E-state index in [0.29, 0.717) is 13.2 Å². The average Bonchev–Trinajstić information content (AvgIpc) is 2.55. The van der Waals surface area contributed by atoms with E-state index < -0.39 is 0 Å². The molecule has 1 fully saturated rings. The first-order valence-corrected chi connectivity index (χ1v) is 4.72. The van der Waals surface area contributed by atoms with Crippen LogP contribution in [0.25, 0.3) is 0 Å². The summed E-state index contributed by atoms with van der Waals surface area (Å²) in [5, 5.41) is 8.62. The van der Waals surface area contributed by atoms with Crippen LogP contribution in [0.3, 0.4) is 0 Å². The van der Waals surface area contributed by atoms with E-state index in [9.17, 15) is 0 Å². The minimum absolute atomic E-state index is 0.264. The van der Waals surface area contributed by atoms with E-state index in [1.807, 2.05) is 0 Å². The van der Waals surface area contributed by atoms with Gasteiger partial charge in [-0.25, -0.2) is 0 Å². The van der Waals surface area contributed by atoms with Crippen molar-refractivity contribution in [1.29, 1.82) is 0 Å². The van der Waals surface area contributed by atoms with Gasteiger partial charge in [-0.15, -0.1) is 0 Å². The van der Waals surface area contributed by atoms with E-state index in [4.69, 9.17) is 14.6 Å². The van der Waals surface area contributed by atoms with Crippen molar-refractivity contribution in [2.24, 2.45) is 0 Å². The third kappa shape index (κ3) is 2.44. The number of aliphatic hydroxyl groups excluding tert-OH is 1. The summed E-state index contributed by atoms with van der Waals surface area (Å²) < 4.78 is 11.1. The van der Waals surface area contributed by atoms with Gasteiger partial charge in [0.25, 0.3) is 0 Å². The first kappa shape index (κ1) is 9.96. The summed E-state index contributed by atoms with van der Waals surface area (Å²) in [6.07, 6.45) is 3.63. The second-order valence-electron chi connectivity index (χ2n) is 3.14. The molecule has 0 spiro atoms. The van der Waals surface area contributed by atoms with E-state index >= 15 is 0 Å². The van der Waals surface area contributed by atoms with Crippen LogP contribution in [-0.4, -0.2) is 30.7 Å². The van der Waals surface area contributed by atoms with Crippen LogP contribution in [0.15, 0.2) is 0 Å². The fourth-order valence-corrected chi connectivity index (χ4v) is 1.53. The zero-order chi connectivity index (χ0) is 8.86. The van der Waals surface area contributed by atoms with E-state index in [0.717, 1.165) is 25.7 Å². The Labute approximate surface area is 73.7 Å². The molecule has 0 aromatic heterocycles. The van der Waals surface area contributed by atoms with Crippen molar-refractivity contribution in [3.05, 3.63) is 0 Å². The Morgan fingerprint density at radius 2 is 1.92 bits per heavy atom. The van der Waals surface area contributed by atoms with Gasteiger partial charge in [0.15, 0.2) is 5.79 Å². The Balaban J connectivity index is 2.24. The van der Waals surface area contributed by atoms with E-state index in [-0.39, 0.29) is 12.4 Å². The molecule has 1 aliphatic rings. The molecule has 0 saturated carbocycles. The quantitative estimate of drug-likeness (QED) is 0.638. The molecule has 12 heavy (non-hydrogen) atoms. The highest BCUT2D eigenvalue weighted by molar-refractivity contribution is 4.72. The maximum atomic E-state index is 8.62. The van der Waals surface area contributed by atoms with Gasteiger partial charge < -0.3 is 14.6 Å². The minimum Gasteiger partial charge on any atom is -0.396 e. The van der Waals surface area contributed by atoms with Crippen molar-refractivity contribution in [2.75, 3.05) is 19.8 Å². The molecule has 0 amide bonds. The lowest BCUT2D eigenvalue weighted by molar-refractivity contribution is -0.164. The normalized spacial score (nSPS) is 21.5. The fourth-order valence-electron chi connectivity index (χ4n) is 1.53. The van der Waals surface area contributed by atoms with Crippen molar-refractivity contribution < 1.29 is 14.6 Å². The van der Waals surface area contributed by atoms with E-state index in [1.54, 1.807) is 0 Å². The van der Waals surface area contributed by atoms with Gasteiger partial charge in [-0.1, -0.05) is 6.92 Å². The van der Waals surface area contributed by atoms with Crippen molar-refractivity contribution in [3.8, 4) is 0 Å². The fraction of sp³-hybridized carbons (Fsp3) is 1.00. The molecule has 1 rings (SSSR count). The lowest BCUT2D eigenvalue weighted by Gasteiger charge is -2.25. The topological polar surface area (TPSA) is 38.7 Å². The Hall–Kier alpha value is -0.120. The zero-order valence-electron chi connectivity index (χ0n) is 7.71. The van der Waals surface area contributed by atoms with Crippen LogP contribution in [0, 0.1) is 0 Å². The highest BCUT2D eigenvalue weighted by Crippen LogP contribution is 2.28. The largest absolute Gasteiger partial charge is 0.396 e. The molecule has 0 atom stereocenters. The molecule has 0 aliphatic carbocycles. The summed E-state index contributed by atoms with van der Waals surface area (Å²) in [7, 11) is 0. The third-order valence-corrected chi connectivity index (χ3v) is 2.32. The number of rotatable bonds is 5. The van der Waals surface area contributed by atoms with Gasteiger partial charge in [0.2, 0.25) is 0 Å². The highest BCUT2D eigenvalue weighted by Gasteiger charge is 2.33. The number of aliphatic hydroxyl groups is 1. The van der Waals surface area contributed by atoms with Crippen molar-refractivity contribution in [3.63, 3.8) is 0 Å². The molecule has 3 nitrogen and oxygen atoms in total. The molecule has 1 saturated heterocycles. The average molecular weight is 174 g/mol. The number of unbranched alkanes of at least 4 members (excludes halogenated alkanes) is 1. The van der Waals surface area contributed by atoms with E-state index in [1.165, 1.54) is 0 Å². The number of hydrogen-bond donors (Lipinski definition) is 1. The first-order chi connectivity index (χ1) is 5.83. The summed E-state index contributed by atoms with van der Waals surface area (Å²) >= 11 is 0. The lowest BCUT2D eigenvalue weighted by Crippen LogP contribution is -2.28. The Morgan fingerprint density at radius 3 is 2.42 bits per heavy atom. The first-order valence-electron chi connectivity index (χ1n) is 4.72. The standard InChI is InChI=1S/C9H18O3/c1-2-9(5-3-4-6-10)11-7-8-12-9/h10H,2-8H2,1H3. The van der Waals surface area contributed by atoms with Gasteiger partial charge in [0.1, 0.15) is 0 Å². The predicted molar refractivity (Wildman–Crippen MR) is 45.9 cm³/mol. The Bertz CT molecular complexity index is 119. The van der Waals surface area contributed by atoms with Crippen molar-refractivity contribution in [1.82, 2.24) is 0 Å². The Kier molecular flexibility index (Phi) is 3.98. The molecule has 1 N–H and O–H groups in total. The highest BCUT2D eigenvalue weighted by atomic mass is 16.7. The molecule has 1 aliphatic heterocycles. The van der Waals surface area contributed by atoms with Gasteiger partial charge in [-0.2, -0.15) is 0 Å². The van der Waals surface area contributed by atoms with Crippen LogP contribution >= 0.6 is 0 Å². The smallest absolute Gasteiger partial charge is 0.168 e. The Morgan fingerprint density at radius 1 is 1.25 bits per heavy atom. The van der Waals surface area contributed by atoms with Crippen LogP contribution < -0.4 is 0 Å². The van der Waals surface area contributed by atoms with Gasteiger partial charge in [-0.05, 0) is 19.3 Å². The molecule has 0 bridgehead atoms. The second-order valence-corrected chi connectivity index (χ2v) is 3.14. The zero-order valence-corrected chi connectivity index (χ0v) is 7.71. The molecular formula is C9H18O3.